The summed E-state index contributed by atoms with van der Waals surface area (Å²) in [6, 6.07) is 0. The Morgan fingerprint density at radius 1 is 1.69 bits per heavy atom. The lowest BCUT2D eigenvalue weighted by Gasteiger charge is -2.03. The molecule has 1 N–H and O–H groups in total. The molecule has 0 aliphatic heterocycles. The van der Waals surface area contributed by atoms with Gasteiger partial charge < -0.3 is 5.11 Å². The molecule has 0 saturated heterocycles. The Labute approximate surface area is 77.6 Å². The van der Waals surface area contributed by atoms with Crippen LogP contribution >= 0.6 is 0 Å². The molecule has 0 radical (unpaired) electrons. The van der Waals surface area contributed by atoms with Crippen LogP contribution in [-0.2, 0) is 6.54 Å². The van der Waals surface area contributed by atoms with E-state index < -0.39 is 0 Å². The van der Waals surface area contributed by atoms with Gasteiger partial charge in [0.05, 0.1) is 13.2 Å². The van der Waals surface area contributed by atoms with Crippen LogP contribution in [0, 0.1) is 5.92 Å². The van der Waals surface area contributed by atoms with Crippen molar-refractivity contribution in [2.75, 3.05) is 6.61 Å². The van der Waals surface area contributed by atoms with Gasteiger partial charge in [0.2, 0.25) is 0 Å². The molecule has 0 amide bonds. The van der Waals surface area contributed by atoms with Crippen molar-refractivity contribution in [3.05, 3.63) is 12.2 Å². The largest absolute Gasteiger partial charge is 0.394 e. The zero-order valence-electron chi connectivity index (χ0n) is 7.85. The van der Waals surface area contributed by atoms with Gasteiger partial charge in [-0.1, -0.05) is 6.92 Å². The number of rotatable bonds is 4. The van der Waals surface area contributed by atoms with E-state index >= 15 is 0 Å². The van der Waals surface area contributed by atoms with Gasteiger partial charge in [-0.3, -0.25) is 4.68 Å². The second kappa shape index (κ2) is 3.46. The Kier molecular flexibility index (Phi) is 2.31. The van der Waals surface area contributed by atoms with Crippen LogP contribution in [0.4, 0.5) is 0 Å². The normalized spacial score (nSPS) is 18.9. The summed E-state index contributed by atoms with van der Waals surface area (Å²) in [4.78, 5) is 4.24. The summed E-state index contributed by atoms with van der Waals surface area (Å²) >= 11 is 0. The smallest absolute Gasteiger partial charge is 0.153 e. The minimum absolute atomic E-state index is 0.126. The van der Waals surface area contributed by atoms with E-state index in [1.807, 2.05) is 0 Å². The molecule has 0 aromatic carbocycles. The first-order chi connectivity index (χ1) is 6.31. The first-order valence-electron chi connectivity index (χ1n) is 4.81. The standard InChI is InChI=1S/C9H15N3O/c1-7(8-2-3-8)9-10-6-12(11-9)4-5-13/h6-8,13H,2-5H2,1H3. The van der Waals surface area contributed by atoms with E-state index in [0.717, 1.165) is 11.7 Å². The zero-order valence-corrected chi connectivity index (χ0v) is 7.85. The van der Waals surface area contributed by atoms with E-state index in [1.165, 1.54) is 12.8 Å². The van der Waals surface area contributed by atoms with Crippen LogP contribution in [0.15, 0.2) is 6.33 Å². The van der Waals surface area contributed by atoms with E-state index in [9.17, 15) is 0 Å². The topological polar surface area (TPSA) is 50.9 Å². The second-order valence-electron chi connectivity index (χ2n) is 3.72. The molecule has 4 heteroatoms. The van der Waals surface area contributed by atoms with Crippen LogP contribution in [0.5, 0.6) is 0 Å². The van der Waals surface area contributed by atoms with Crippen molar-refractivity contribution in [2.45, 2.75) is 32.2 Å². The lowest BCUT2D eigenvalue weighted by Crippen LogP contribution is -2.04. The number of aliphatic hydroxyl groups excluding tert-OH is 1. The van der Waals surface area contributed by atoms with Gasteiger partial charge >= 0.3 is 0 Å². The van der Waals surface area contributed by atoms with Crippen LogP contribution in [0.1, 0.15) is 31.5 Å². The van der Waals surface area contributed by atoms with E-state index in [-0.39, 0.29) is 6.61 Å². The Hall–Kier alpha value is -0.900. The van der Waals surface area contributed by atoms with Crippen molar-refractivity contribution in [3.63, 3.8) is 0 Å². The molecule has 1 heterocycles. The summed E-state index contributed by atoms with van der Waals surface area (Å²) in [5.74, 6) is 2.21. The van der Waals surface area contributed by atoms with Gasteiger partial charge in [-0.15, -0.1) is 0 Å². The van der Waals surface area contributed by atoms with Gasteiger partial charge in [0.15, 0.2) is 5.82 Å². The third-order valence-electron chi connectivity index (χ3n) is 2.62. The number of nitrogens with zero attached hydrogens (tertiary/aromatic N) is 3. The molecule has 2 rings (SSSR count). The highest BCUT2D eigenvalue weighted by atomic mass is 16.3. The van der Waals surface area contributed by atoms with Gasteiger partial charge in [-0.2, -0.15) is 5.10 Å². The fourth-order valence-electron chi connectivity index (χ4n) is 1.53. The molecule has 1 aromatic heterocycles. The fraction of sp³-hybridized carbons (Fsp3) is 0.778. The number of aliphatic hydroxyl groups is 1. The molecule has 1 unspecified atom stereocenters. The van der Waals surface area contributed by atoms with Crippen LogP contribution in [0.2, 0.25) is 0 Å². The van der Waals surface area contributed by atoms with Crippen LogP contribution in [-0.4, -0.2) is 26.5 Å². The van der Waals surface area contributed by atoms with Gasteiger partial charge in [-0.05, 0) is 18.8 Å². The highest BCUT2D eigenvalue weighted by molar-refractivity contribution is 4.99. The minimum atomic E-state index is 0.126. The summed E-state index contributed by atoms with van der Waals surface area (Å²) in [7, 11) is 0. The molecule has 1 fully saturated rings. The molecular weight excluding hydrogens is 166 g/mol. The molecular formula is C9H15N3O. The van der Waals surface area contributed by atoms with Gasteiger partial charge in [0.1, 0.15) is 6.33 Å². The van der Waals surface area contributed by atoms with Crippen molar-refractivity contribution < 1.29 is 5.11 Å². The van der Waals surface area contributed by atoms with Crippen molar-refractivity contribution in [1.29, 1.82) is 0 Å². The van der Waals surface area contributed by atoms with Gasteiger partial charge in [-0.25, -0.2) is 4.98 Å². The van der Waals surface area contributed by atoms with E-state index in [2.05, 4.69) is 17.0 Å². The number of hydrogen-bond donors (Lipinski definition) is 1. The maximum Gasteiger partial charge on any atom is 0.153 e. The summed E-state index contributed by atoms with van der Waals surface area (Å²) in [6.45, 7) is 2.85. The minimum Gasteiger partial charge on any atom is -0.394 e. The van der Waals surface area contributed by atoms with Crippen LogP contribution < -0.4 is 0 Å². The lowest BCUT2D eigenvalue weighted by molar-refractivity contribution is 0.268. The third kappa shape index (κ3) is 1.88. The second-order valence-corrected chi connectivity index (χ2v) is 3.72. The maximum atomic E-state index is 8.70. The number of hydrogen-bond acceptors (Lipinski definition) is 3. The van der Waals surface area contributed by atoms with Crippen LogP contribution in [0.25, 0.3) is 0 Å². The van der Waals surface area contributed by atoms with Gasteiger partial charge in [0, 0.05) is 5.92 Å². The summed E-state index contributed by atoms with van der Waals surface area (Å²) in [5, 5.41) is 13.0. The Morgan fingerprint density at radius 2 is 2.46 bits per heavy atom. The lowest BCUT2D eigenvalue weighted by atomic mass is 10.1. The molecule has 1 atom stereocenters. The van der Waals surface area contributed by atoms with E-state index in [0.29, 0.717) is 12.5 Å². The molecule has 1 aliphatic carbocycles. The first-order valence-corrected chi connectivity index (χ1v) is 4.81. The SMILES string of the molecule is CC(c1ncn(CCO)n1)C1CC1. The first kappa shape index (κ1) is 8.69. The van der Waals surface area contributed by atoms with Crippen molar-refractivity contribution in [3.8, 4) is 0 Å². The summed E-state index contributed by atoms with van der Waals surface area (Å²) in [6.07, 6.45) is 4.33. The Balaban J connectivity index is 2.03. The summed E-state index contributed by atoms with van der Waals surface area (Å²) < 4.78 is 1.70. The Morgan fingerprint density at radius 3 is 3.08 bits per heavy atom. The van der Waals surface area contributed by atoms with E-state index in [1.54, 1.807) is 11.0 Å². The average molecular weight is 181 g/mol. The monoisotopic (exact) mass is 181 g/mol. The quantitative estimate of drug-likeness (QED) is 0.747. The molecule has 13 heavy (non-hydrogen) atoms. The predicted octanol–water partition coefficient (Wildman–Crippen LogP) is 0.784. The Bertz CT molecular complexity index is 280. The molecule has 72 valence electrons. The molecule has 0 spiro atoms. The molecule has 0 bridgehead atoms. The van der Waals surface area contributed by atoms with Crippen molar-refractivity contribution in [1.82, 2.24) is 14.8 Å². The highest BCUT2D eigenvalue weighted by Crippen LogP contribution is 2.40. The summed E-state index contributed by atoms with van der Waals surface area (Å²) in [5.41, 5.74) is 0. The van der Waals surface area contributed by atoms with Gasteiger partial charge in [0.25, 0.3) is 0 Å². The molecule has 1 aliphatic rings. The fourth-order valence-corrected chi connectivity index (χ4v) is 1.53. The number of aromatic nitrogens is 3. The molecule has 1 saturated carbocycles. The average Bonchev–Trinajstić information content (AvgIpc) is 2.87. The maximum absolute atomic E-state index is 8.70. The highest BCUT2D eigenvalue weighted by Gasteiger charge is 2.31. The zero-order chi connectivity index (χ0) is 9.26. The van der Waals surface area contributed by atoms with Crippen LogP contribution in [0.3, 0.4) is 0 Å². The molecule has 1 aromatic rings. The van der Waals surface area contributed by atoms with Crippen molar-refractivity contribution in [2.24, 2.45) is 5.92 Å². The third-order valence-corrected chi connectivity index (χ3v) is 2.62. The van der Waals surface area contributed by atoms with E-state index in [4.69, 9.17) is 5.11 Å². The molecule has 4 nitrogen and oxygen atoms in total. The van der Waals surface area contributed by atoms with Crippen molar-refractivity contribution >= 4 is 0 Å². The predicted molar refractivity (Wildman–Crippen MR) is 48.2 cm³/mol.